The predicted octanol–water partition coefficient (Wildman–Crippen LogP) is 0.122. The van der Waals surface area contributed by atoms with E-state index < -0.39 is 10.2 Å². The summed E-state index contributed by atoms with van der Waals surface area (Å²) < 4.78 is 36.2. The van der Waals surface area contributed by atoms with Crippen molar-refractivity contribution in [2.75, 3.05) is 52.5 Å². The highest BCUT2D eigenvalue weighted by Crippen LogP contribution is 2.16. The molecular formula is C16H29N5O3S. The summed E-state index contributed by atoms with van der Waals surface area (Å²) in [4.78, 5) is 6.94. The van der Waals surface area contributed by atoms with E-state index in [0.717, 1.165) is 37.6 Å². The number of aromatic nitrogens is 2. The zero-order chi connectivity index (χ0) is 18.0. The summed E-state index contributed by atoms with van der Waals surface area (Å²) in [6, 6.07) is 0. The van der Waals surface area contributed by atoms with Gasteiger partial charge < -0.3 is 9.30 Å². The summed E-state index contributed by atoms with van der Waals surface area (Å²) in [6.45, 7) is 9.46. The fourth-order valence-corrected chi connectivity index (χ4v) is 5.01. The van der Waals surface area contributed by atoms with E-state index in [0.29, 0.717) is 39.4 Å². The van der Waals surface area contributed by atoms with Crippen molar-refractivity contribution in [3.63, 3.8) is 0 Å². The molecule has 1 aromatic heterocycles. The maximum atomic E-state index is 12.8. The van der Waals surface area contributed by atoms with Crippen LogP contribution in [0.1, 0.15) is 23.6 Å². The van der Waals surface area contributed by atoms with Gasteiger partial charge in [0.15, 0.2) is 0 Å². The number of hydrogen-bond acceptors (Lipinski definition) is 5. The van der Waals surface area contributed by atoms with Gasteiger partial charge in [-0.05, 0) is 26.8 Å². The number of morpholine rings is 1. The molecule has 2 aliphatic rings. The number of ether oxygens (including phenoxy) is 1. The van der Waals surface area contributed by atoms with Crippen molar-refractivity contribution >= 4 is 10.2 Å². The van der Waals surface area contributed by atoms with Crippen molar-refractivity contribution in [2.24, 2.45) is 7.05 Å². The van der Waals surface area contributed by atoms with E-state index in [-0.39, 0.29) is 0 Å². The zero-order valence-corrected chi connectivity index (χ0v) is 16.3. The van der Waals surface area contributed by atoms with E-state index in [1.807, 2.05) is 14.0 Å². The largest absolute Gasteiger partial charge is 0.379 e. The Morgan fingerprint density at radius 1 is 1.00 bits per heavy atom. The van der Waals surface area contributed by atoms with Gasteiger partial charge in [0.2, 0.25) is 0 Å². The lowest BCUT2D eigenvalue weighted by Crippen LogP contribution is -2.49. The number of hydrogen-bond donors (Lipinski definition) is 0. The van der Waals surface area contributed by atoms with Crippen molar-refractivity contribution in [1.82, 2.24) is 23.1 Å². The van der Waals surface area contributed by atoms with Crippen LogP contribution in [-0.4, -0.2) is 84.0 Å². The van der Waals surface area contributed by atoms with Gasteiger partial charge in [-0.2, -0.15) is 17.0 Å². The Labute approximate surface area is 150 Å². The third-order valence-corrected chi connectivity index (χ3v) is 7.28. The van der Waals surface area contributed by atoms with Crippen molar-refractivity contribution in [1.29, 1.82) is 0 Å². The molecule has 3 heterocycles. The van der Waals surface area contributed by atoms with Crippen LogP contribution >= 0.6 is 0 Å². The maximum absolute atomic E-state index is 12.8. The second kappa shape index (κ2) is 7.71. The third kappa shape index (κ3) is 4.06. The van der Waals surface area contributed by atoms with Crippen molar-refractivity contribution in [2.45, 2.75) is 26.8 Å². The van der Waals surface area contributed by atoms with E-state index in [4.69, 9.17) is 4.74 Å². The van der Waals surface area contributed by atoms with Gasteiger partial charge in [0.1, 0.15) is 5.82 Å². The highest BCUT2D eigenvalue weighted by atomic mass is 32.2. The fourth-order valence-electron chi connectivity index (χ4n) is 3.40. The normalized spacial score (nSPS) is 22.2. The van der Waals surface area contributed by atoms with Crippen LogP contribution in [0.25, 0.3) is 0 Å². The predicted molar refractivity (Wildman–Crippen MR) is 95.5 cm³/mol. The van der Waals surface area contributed by atoms with Crippen LogP contribution < -0.4 is 0 Å². The van der Waals surface area contributed by atoms with E-state index in [1.54, 1.807) is 8.61 Å². The molecule has 0 amide bonds. The molecule has 0 bridgehead atoms. The molecule has 1 aromatic rings. The van der Waals surface area contributed by atoms with Crippen LogP contribution in [0, 0.1) is 13.8 Å². The highest BCUT2D eigenvalue weighted by Gasteiger charge is 2.32. The molecule has 25 heavy (non-hydrogen) atoms. The van der Waals surface area contributed by atoms with Gasteiger partial charge in [-0.3, -0.25) is 4.90 Å². The second-order valence-corrected chi connectivity index (χ2v) is 8.73. The SMILES string of the molecule is Cc1nc(CN2CCCN(S(=O)(=O)N3CCOCC3)CC2)n(C)c1C. The fraction of sp³-hybridized carbons (Fsp3) is 0.812. The van der Waals surface area contributed by atoms with Crippen LogP contribution in [0.3, 0.4) is 0 Å². The minimum absolute atomic E-state index is 0.453. The average Bonchev–Trinajstić information content (AvgIpc) is 2.79. The van der Waals surface area contributed by atoms with Crippen LogP contribution in [-0.2, 0) is 28.5 Å². The molecule has 0 aromatic carbocycles. The lowest BCUT2D eigenvalue weighted by Gasteiger charge is -2.31. The number of rotatable bonds is 4. The quantitative estimate of drug-likeness (QED) is 0.752. The van der Waals surface area contributed by atoms with Crippen molar-refractivity contribution in [3.05, 3.63) is 17.2 Å². The Hall–Kier alpha value is -1.00. The van der Waals surface area contributed by atoms with Crippen LogP contribution in [0.15, 0.2) is 0 Å². The van der Waals surface area contributed by atoms with Crippen molar-refractivity contribution in [3.8, 4) is 0 Å². The molecule has 0 radical (unpaired) electrons. The molecular weight excluding hydrogens is 342 g/mol. The minimum Gasteiger partial charge on any atom is -0.379 e. The number of imidazole rings is 1. The molecule has 2 saturated heterocycles. The Morgan fingerprint density at radius 2 is 1.68 bits per heavy atom. The van der Waals surface area contributed by atoms with Gasteiger partial charge in [0, 0.05) is 45.5 Å². The van der Waals surface area contributed by atoms with Crippen molar-refractivity contribution < 1.29 is 13.2 Å². The molecule has 2 fully saturated rings. The molecule has 0 aliphatic carbocycles. The monoisotopic (exact) mass is 371 g/mol. The summed E-state index contributed by atoms with van der Waals surface area (Å²) in [7, 11) is -1.34. The van der Waals surface area contributed by atoms with E-state index >= 15 is 0 Å². The van der Waals surface area contributed by atoms with Gasteiger partial charge in [0.25, 0.3) is 10.2 Å². The molecule has 3 rings (SSSR count). The van der Waals surface area contributed by atoms with Crippen LogP contribution in [0.2, 0.25) is 0 Å². The van der Waals surface area contributed by atoms with Crippen LogP contribution in [0.4, 0.5) is 0 Å². The highest BCUT2D eigenvalue weighted by molar-refractivity contribution is 7.86. The molecule has 0 atom stereocenters. The second-order valence-electron chi connectivity index (χ2n) is 6.81. The topological polar surface area (TPSA) is 70.9 Å². The lowest BCUT2D eigenvalue weighted by molar-refractivity contribution is 0.0702. The van der Waals surface area contributed by atoms with Gasteiger partial charge in [0.05, 0.1) is 25.5 Å². The third-order valence-electron chi connectivity index (χ3n) is 5.25. The molecule has 0 spiro atoms. The molecule has 0 unspecified atom stereocenters. The molecule has 2 aliphatic heterocycles. The maximum Gasteiger partial charge on any atom is 0.282 e. The Balaban J connectivity index is 1.63. The Kier molecular flexibility index (Phi) is 5.79. The van der Waals surface area contributed by atoms with Gasteiger partial charge in [-0.15, -0.1) is 0 Å². The molecule has 0 saturated carbocycles. The summed E-state index contributed by atoms with van der Waals surface area (Å²) in [5, 5.41) is 0. The molecule has 142 valence electrons. The minimum atomic E-state index is -3.38. The molecule has 9 heteroatoms. The van der Waals surface area contributed by atoms with E-state index in [1.165, 1.54) is 5.69 Å². The van der Waals surface area contributed by atoms with Crippen LogP contribution in [0.5, 0.6) is 0 Å². The Bertz CT molecular complexity index is 697. The summed E-state index contributed by atoms with van der Waals surface area (Å²) in [5.74, 6) is 1.04. The molecule has 0 N–H and O–H groups in total. The summed E-state index contributed by atoms with van der Waals surface area (Å²) in [5.41, 5.74) is 2.24. The first-order valence-electron chi connectivity index (χ1n) is 8.93. The summed E-state index contributed by atoms with van der Waals surface area (Å²) in [6.07, 6.45) is 0.839. The van der Waals surface area contributed by atoms with E-state index in [2.05, 4.69) is 21.4 Å². The zero-order valence-electron chi connectivity index (χ0n) is 15.4. The number of nitrogens with zero attached hydrogens (tertiary/aromatic N) is 5. The smallest absolute Gasteiger partial charge is 0.282 e. The first-order valence-corrected chi connectivity index (χ1v) is 10.3. The standard InChI is InChI=1S/C16H29N5O3S/c1-14-15(2)18(3)16(17-14)13-19-5-4-6-20(8-7-19)25(22,23)21-9-11-24-12-10-21/h4-13H2,1-3H3. The lowest BCUT2D eigenvalue weighted by atomic mass is 10.4. The first kappa shape index (κ1) is 18.8. The van der Waals surface area contributed by atoms with Gasteiger partial charge >= 0.3 is 0 Å². The van der Waals surface area contributed by atoms with Gasteiger partial charge in [-0.25, -0.2) is 4.98 Å². The first-order chi connectivity index (χ1) is 11.9. The average molecular weight is 372 g/mol. The van der Waals surface area contributed by atoms with E-state index in [9.17, 15) is 8.42 Å². The summed E-state index contributed by atoms with van der Waals surface area (Å²) >= 11 is 0. The number of aryl methyl sites for hydroxylation is 1. The molecule has 8 nitrogen and oxygen atoms in total. The van der Waals surface area contributed by atoms with Gasteiger partial charge in [-0.1, -0.05) is 0 Å². The Morgan fingerprint density at radius 3 is 2.32 bits per heavy atom.